The molecule has 10 nitrogen and oxygen atoms in total. The molecule has 0 spiro atoms. The molecule has 0 saturated carbocycles. The first-order valence-electron chi connectivity index (χ1n) is 1.76. The predicted molar refractivity (Wildman–Crippen MR) is 27.3 cm³/mol. The molecule has 0 fully saturated rings. The molecular weight excluding hydrogens is 234 g/mol. The zero-order chi connectivity index (χ0) is 9.07. The minimum atomic E-state index is -5.18. The monoisotopic (exact) mass is 236 g/mol. The van der Waals surface area contributed by atoms with Gasteiger partial charge in [-0.1, -0.05) is 0 Å². The zero-order valence-corrected chi connectivity index (χ0v) is 11.4. The molecule has 0 aliphatic rings. The van der Waals surface area contributed by atoms with Crippen LogP contribution in [0.15, 0.2) is 0 Å². The zero-order valence-electron chi connectivity index (χ0n) is 8.57. The van der Waals surface area contributed by atoms with E-state index in [9.17, 15) is 28.6 Å². The van der Waals surface area contributed by atoms with E-state index in [-0.39, 0.29) is 62.0 Å². The molecule has 0 heterocycles. The standard InChI is InChI=1S/N2O8S.2Na.2H/c3-1(4)9-11(7,8)10-2(5)6;;;;/q;2*+1;2*-1. The van der Waals surface area contributed by atoms with Gasteiger partial charge < -0.3 is 2.85 Å². The van der Waals surface area contributed by atoms with Crippen molar-refractivity contribution in [3.8, 4) is 0 Å². The summed E-state index contributed by atoms with van der Waals surface area (Å²) >= 11 is 0. The van der Waals surface area contributed by atoms with Gasteiger partial charge in [0.05, 0.1) is 0 Å². The van der Waals surface area contributed by atoms with Crippen LogP contribution in [0.5, 0.6) is 0 Å². The van der Waals surface area contributed by atoms with Gasteiger partial charge in [0, 0.05) is 0 Å². The van der Waals surface area contributed by atoms with Crippen LogP contribution < -0.4 is 59.1 Å². The summed E-state index contributed by atoms with van der Waals surface area (Å²) in [5, 5.41) is 15.1. The summed E-state index contributed by atoms with van der Waals surface area (Å²) in [6.07, 6.45) is 0. The maximum Gasteiger partial charge on any atom is 1.00 e. The molecule has 0 bridgehead atoms. The van der Waals surface area contributed by atoms with Crippen LogP contribution in [0.2, 0.25) is 0 Å². The Morgan fingerprint density at radius 3 is 1.38 bits per heavy atom. The van der Waals surface area contributed by atoms with Crippen LogP contribution in [0.1, 0.15) is 2.85 Å². The van der Waals surface area contributed by atoms with Crippen LogP contribution in [0.4, 0.5) is 0 Å². The van der Waals surface area contributed by atoms with Crippen molar-refractivity contribution in [1.82, 2.24) is 0 Å². The van der Waals surface area contributed by atoms with Gasteiger partial charge in [-0.2, -0.15) is 17.0 Å². The van der Waals surface area contributed by atoms with Gasteiger partial charge in [0.15, 0.2) is 0 Å². The van der Waals surface area contributed by atoms with Crippen molar-refractivity contribution in [3.05, 3.63) is 20.2 Å². The van der Waals surface area contributed by atoms with Gasteiger partial charge >= 0.3 is 79.7 Å². The summed E-state index contributed by atoms with van der Waals surface area (Å²) in [6, 6.07) is 0. The smallest absolute Gasteiger partial charge is 1.00 e. The van der Waals surface area contributed by atoms with Gasteiger partial charge in [-0.25, -0.2) is 0 Å². The Morgan fingerprint density at radius 1 is 1.00 bits per heavy atom. The van der Waals surface area contributed by atoms with Gasteiger partial charge in [-0.3, -0.25) is 0 Å². The molecule has 13 heteroatoms. The molecule has 13 heavy (non-hydrogen) atoms. The second-order valence-electron chi connectivity index (χ2n) is 1.00. The number of hydrogen-bond acceptors (Lipinski definition) is 8. The van der Waals surface area contributed by atoms with E-state index in [1.54, 1.807) is 0 Å². The number of rotatable bonds is 4. The van der Waals surface area contributed by atoms with Gasteiger partial charge in [0.25, 0.3) is 0 Å². The van der Waals surface area contributed by atoms with Gasteiger partial charge in [0.2, 0.25) is 0 Å². The van der Waals surface area contributed by atoms with Crippen LogP contribution in [0.25, 0.3) is 0 Å². The van der Waals surface area contributed by atoms with Crippen molar-refractivity contribution < 1.29 is 89.1 Å². The molecule has 68 valence electrons. The van der Waals surface area contributed by atoms with Crippen LogP contribution in [-0.2, 0) is 19.0 Å². The summed E-state index contributed by atoms with van der Waals surface area (Å²) in [6.45, 7) is 0. The molecule has 0 atom stereocenters. The molecule has 0 aliphatic heterocycles. The molecular formula is H2N2Na2O8S. The van der Waals surface area contributed by atoms with Crippen molar-refractivity contribution in [2.24, 2.45) is 0 Å². The largest absolute Gasteiger partial charge is 1.00 e. The van der Waals surface area contributed by atoms with Crippen LogP contribution in [0, 0.1) is 20.2 Å². The number of nitrogens with zero attached hydrogens (tertiary/aromatic N) is 2. The minimum Gasteiger partial charge on any atom is -1.00 e. The maximum atomic E-state index is 9.92. The molecule has 0 radical (unpaired) electrons. The molecule has 0 unspecified atom stereocenters. The quantitative estimate of drug-likeness (QED) is 0.266. The first-order chi connectivity index (χ1) is 4.83. The Morgan fingerprint density at radius 2 is 1.23 bits per heavy atom. The Balaban J connectivity index is -0.0000000833. The molecule has 0 aromatic rings. The van der Waals surface area contributed by atoms with Crippen LogP contribution in [-0.4, -0.2) is 18.6 Å². The van der Waals surface area contributed by atoms with Gasteiger partial charge in [-0.05, 0) is 0 Å². The van der Waals surface area contributed by atoms with Crippen LogP contribution in [0.3, 0.4) is 0 Å². The first-order valence-corrected chi connectivity index (χ1v) is 3.10. The Hall–Kier alpha value is 0.350. The van der Waals surface area contributed by atoms with E-state index < -0.39 is 20.6 Å². The van der Waals surface area contributed by atoms with Crippen molar-refractivity contribution in [3.63, 3.8) is 0 Å². The Bertz CT molecular complexity index is 254. The van der Waals surface area contributed by atoms with E-state index in [2.05, 4.69) is 8.57 Å². The summed E-state index contributed by atoms with van der Waals surface area (Å²) in [5.41, 5.74) is 0. The normalized spacial score (nSPS) is 8.62. The number of hydrogen-bond donors (Lipinski definition) is 0. The average molecular weight is 236 g/mol. The van der Waals surface area contributed by atoms with E-state index in [1.165, 1.54) is 0 Å². The molecule has 0 N–H and O–H groups in total. The molecule has 0 aromatic carbocycles. The van der Waals surface area contributed by atoms with Crippen LogP contribution >= 0.6 is 0 Å². The van der Waals surface area contributed by atoms with Crippen molar-refractivity contribution in [1.29, 1.82) is 0 Å². The second kappa shape index (κ2) is 7.73. The first kappa shape index (κ1) is 19.0. The fraction of sp³-hybridized carbons (Fsp3) is 0. The molecule has 0 aromatic heterocycles. The van der Waals surface area contributed by atoms with Gasteiger partial charge in [0.1, 0.15) is 0 Å². The van der Waals surface area contributed by atoms with E-state index in [1.807, 2.05) is 0 Å². The van der Waals surface area contributed by atoms with Crippen molar-refractivity contribution in [2.45, 2.75) is 0 Å². The Labute approximate surface area is 119 Å². The van der Waals surface area contributed by atoms with Gasteiger partial charge in [-0.15, -0.1) is 20.2 Å². The summed E-state index contributed by atoms with van der Waals surface area (Å²) in [5.74, 6) is 0. The molecule has 0 saturated heterocycles. The molecule has 0 rings (SSSR count). The van der Waals surface area contributed by atoms with E-state index >= 15 is 0 Å². The molecule has 0 amide bonds. The van der Waals surface area contributed by atoms with E-state index in [4.69, 9.17) is 0 Å². The third kappa shape index (κ3) is 12.4. The minimum absolute atomic E-state index is 0. The maximum absolute atomic E-state index is 9.92. The SMILES string of the molecule is O=[N+]([O-])OS(=O)(=O)O[N+](=O)[O-].[H-].[H-].[Na+].[Na+]. The Kier molecular flexibility index (Phi) is 11.3. The topological polar surface area (TPSA) is 139 Å². The fourth-order valence-corrected chi connectivity index (χ4v) is 0.488. The average Bonchev–Trinajstić information content (AvgIpc) is 1.53. The fourth-order valence-electron chi connectivity index (χ4n) is 0.163. The summed E-state index contributed by atoms with van der Waals surface area (Å²) < 4.78 is 25.4. The summed E-state index contributed by atoms with van der Waals surface area (Å²) in [4.78, 5) is 18.6. The van der Waals surface area contributed by atoms with Crippen molar-refractivity contribution >= 4 is 10.4 Å². The predicted octanol–water partition coefficient (Wildman–Crippen LogP) is -7.12. The van der Waals surface area contributed by atoms with E-state index in [0.29, 0.717) is 0 Å². The molecule has 0 aliphatic carbocycles. The second-order valence-corrected chi connectivity index (χ2v) is 2.12. The third-order valence-electron chi connectivity index (χ3n) is 0.304. The third-order valence-corrected chi connectivity index (χ3v) is 0.913. The van der Waals surface area contributed by atoms with E-state index in [0.717, 1.165) is 0 Å². The summed E-state index contributed by atoms with van der Waals surface area (Å²) in [7, 11) is -5.18. The van der Waals surface area contributed by atoms with Crippen molar-refractivity contribution in [2.75, 3.05) is 0 Å².